The number of carbonyl (C=O) groups excluding carboxylic acids is 1. The maximum atomic E-state index is 11.5. The van der Waals surface area contributed by atoms with Gasteiger partial charge >= 0.3 is 0 Å². The van der Waals surface area contributed by atoms with Gasteiger partial charge in [0.1, 0.15) is 12.0 Å². The molecule has 1 N–H and O–H groups in total. The third kappa shape index (κ3) is 3.51. The Morgan fingerprint density at radius 1 is 1.47 bits per heavy atom. The summed E-state index contributed by atoms with van der Waals surface area (Å²) in [5.41, 5.74) is 0.276. The van der Waals surface area contributed by atoms with Gasteiger partial charge < -0.3 is 14.8 Å². The molecule has 1 heterocycles. The maximum Gasteiger partial charge on any atom is 0.270 e. The van der Waals surface area contributed by atoms with E-state index in [0.29, 0.717) is 19.0 Å². The van der Waals surface area contributed by atoms with Gasteiger partial charge in [0, 0.05) is 19.7 Å². The molecule has 15 heavy (non-hydrogen) atoms. The van der Waals surface area contributed by atoms with Gasteiger partial charge in [0.2, 0.25) is 5.88 Å². The molecule has 1 rings (SSSR count). The van der Waals surface area contributed by atoms with E-state index < -0.39 is 0 Å². The molecular formula is C9H13N3O3. The number of methoxy groups -OCH3 is 2. The SMILES string of the molecule is COCCNC(=O)c1cc(OC)ncn1. The molecule has 0 aliphatic rings. The number of ether oxygens (including phenoxy) is 2. The summed E-state index contributed by atoms with van der Waals surface area (Å²) >= 11 is 0. The molecule has 0 saturated carbocycles. The minimum atomic E-state index is -0.271. The lowest BCUT2D eigenvalue weighted by molar-refractivity contribution is 0.0931. The van der Waals surface area contributed by atoms with E-state index in [-0.39, 0.29) is 11.6 Å². The van der Waals surface area contributed by atoms with Crippen LogP contribution in [0.1, 0.15) is 10.5 Å². The van der Waals surface area contributed by atoms with Crippen LogP contribution in [0.5, 0.6) is 5.88 Å². The van der Waals surface area contributed by atoms with Crippen molar-refractivity contribution in [1.82, 2.24) is 15.3 Å². The van der Waals surface area contributed by atoms with Crippen molar-refractivity contribution in [2.75, 3.05) is 27.4 Å². The maximum absolute atomic E-state index is 11.5. The number of amides is 1. The number of hydrogen-bond donors (Lipinski definition) is 1. The predicted molar refractivity (Wildman–Crippen MR) is 52.8 cm³/mol. The van der Waals surface area contributed by atoms with Gasteiger partial charge in [-0.2, -0.15) is 0 Å². The van der Waals surface area contributed by atoms with E-state index >= 15 is 0 Å². The summed E-state index contributed by atoms with van der Waals surface area (Å²) in [6.07, 6.45) is 1.28. The second kappa shape index (κ2) is 5.92. The molecule has 1 aromatic rings. The van der Waals surface area contributed by atoms with E-state index in [1.54, 1.807) is 7.11 Å². The Morgan fingerprint density at radius 2 is 2.27 bits per heavy atom. The van der Waals surface area contributed by atoms with Gasteiger partial charge in [-0.3, -0.25) is 4.79 Å². The van der Waals surface area contributed by atoms with Crippen LogP contribution in [0.25, 0.3) is 0 Å². The summed E-state index contributed by atoms with van der Waals surface area (Å²) in [5.74, 6) is 0.0923. The van der Waals surface area contributed by atoms with E-state index in [1.165, 1.54) is 19.5 Å². The first kappa shape index (κ1) is 11.4. The van der Waals surface area contributed by atoms with Crippen LogP contribution in [0.2, 0.25) is 0 Å². The third-order valence-electron chi connectivity index (χ3n) is 1.68. The summed E-state index contributed by atoms with van der Waals surface area (Å²) in [5, 5.41) is 2.64. The van der Waals surface area contributed by atoms with Crippen LogP contribution in [-0.4, -0.2) is 43.2 Å². The fraction of sp³-hybridized carbons (Fsp3) is 0.444. The van der Waals surface area contributed by atoms with E-state index in [0.717, 1.165) is 0 Å². The zero-order valence-electron chi connectivity index (χ0n) is 8.69. The second-order valence-corrected chi connectivity index (χ2v) is 2.69. The minimum absolute atomic E-state index is 0.271. The molecule has 0 spiro atoms. The molecule has 0 aliphatic heterocycles. The van der Waals surface area contributed by atoms with Crippen molar-refractivity contribution >= 4 is 5.91 Å². The van der Waals surface area contributed by atoms with Gasteiger partial charge in [0.05, 0.1) is 13.7 Å². The van der Waals surface area contributed by atoms with Crippen LogP contribution >= 0.6 is 0 Å². The number of carbonyl (C=O) groups is 1. The average Bonchev–Trinajstić information content (AvgIpc) is 2.29. The molecule has 0 fully saturated rings. The molecule has 0 bridgehead atoms. The van der Waals surface area contributed by atoms with Crippen LogP contribution in [0, 0.1) is 0 Å². The molecule has 0 radical (unpaired) electrons. The Labute approximate surface area is 87.6 Å². The zero-order valence-corrected chi connectivity index (χ0v) is 8.69. The molecule has 1 aromatic heterocycles. The predicted octanol–water partition coefficient (Wildman–Crippen LogP) is -0.139. The molecule has 6 heteroatoms. The van der Waals surface area contributed by atoms with E-state index in [2.05, 4.69) is 15.3 Å². The lowest BCUT2D eigenvalue weighted by atomic mass is 10.4. The van der Waals surface area contributed by atoms with Crippen LogP contribution < -0.4 is 10.1 Å². The normalized spacial score (nSPS) is 9.73. The van der Waals surface area contributed by atoms with Gasteiger partial charge in [-0.25, -0.2) is 9.97 Å². The van der Waals surface area contributed by atoms with Gasteiger partial charge in [-0.05, 0) is 0 Å². The van der Waals surface area contributed by atoms with Gasteiger partial charge in [0.15, 0.2) is 0 Å². The Kier molecular flexibility index (Phi) is 4.49. The first-order valence-electron chi connectivity index (χ1n) is 4.41. The van der Waals surface area contributed by atoms with E-state index in [9.17, 15) is 4.79 Å². The highest BCUT2D eigenvalue weighted by atomic mass is 16.5. The van der Waals surface area contributed by atoms with Gasteiger partial charge in [-0.15, -0.1) is 0 Å². The van der Waals surface area contributed by atoms with Crippen molar-refractivity contribution in [3.05, 3.63) is 18.1 Å². The molecule has 0 unspecified atom stereocenters. The number of hydrogen-bond acceptors (Lipinski definition) is 5. The third-order valence-corrected chi connectivity index (χ3v) is 1.68. The van der Waals surface area contributed by atoms with Gasteiger partial charge in [0.25, 0.3) is 5.91 Å². The lowest BCUT2D eigenvalue weighted by Crippen LogP contribution is -2.27. The fourth-order valence-corrected chi connectivity index (χ4v) is 0.932. The Balaban J connectivity index is 2.57. The molecule has 1 amide bonds. The highest BCUT2D eigenvalue weighted by Crippen LogP contribution is 2.04. The van der Waals surface area contributed by atoms with Crippen molar-refractivity contribution in [3.63, 3.8) is 0 Å². The highest BCUT2D eigenvalue weighted by Gasteiger charge is 2.07. The van der Waals surface area contributed by atoms with Crippen molar-refractivity contribution in [3.8, 4) is 5.88 Å². The van der Waals surface area contributed by atoms with Crippen molar-refractivity contribution < 1.29 is 14.3 Å². The van der Waals surface area contributed by atoms with E-state index in [4.69, 9.17) is 9.47 Å². The van der Waals surface area contributed by atoms with Crippen LogP contribution in [0.4, 0.5) is 0 Å². The van der Waals surface area contributed by atoms with Crippen molar-refractivity contribution in [2.24, 2.45) is 0 Å². The topological polar surface area (TPSA) is 73.3 Å². The number of rotatable bonds is 5. The summed E-state index contributed by atoms with van der Waals surface area (Å²) < 4.78 is 9.68. The van der Waals surface area contributed by atoms with Gasteiger partial charge in [-0.1, -0.05) is 0 Å². The summed E-state index contributed by atoms with van der Waals surface area (Å²) in [7, 11) is 3.05. The van der Waals surface area contributed by atoms with Crippen LogP contribution in [0.3, 0.4) is 0 Å². The number of nitrogens with zero attached hydrogens (tertiary/aromatic N) is 2. The Hall–Kier alpha value is -1.69. The smallest absolute Gasteiger partial charge is 0.270 e. The Morgan fingerprint density at radius 3 is 2.93 bits per heavy atom. The van der Waals surface area contributed by atoms with E-state index in [1.807, 2.05) is 0 Å². The first-order chi connectivity index (χ1) is 7.27. The van der Waals surface area contributed by atoms with Crippen LogP contribution in [-0.2, 0) is 4.74 Å². The fourth-order valence-electron chi connectivity index (χ4n) is 0.932. The summed E-state index contributed by atoms with van der Waals surface area (Å²) in [6.45, 7) is 0.912. The van der Waals surface area contributed by atoms with Crippen molar-refractivity contribution in [2.45, 2.75) is 0 Å². The number of aromatic nitrogens is 2. The molecule has 0 aliphatic carbocycles. The monoisotopic (exact) mass is 211 g/mol. The number of nitrogens with one attached hydrogen (secondary N) is 1. The van der Waals surface area contributed by atoms with Crippen LogP contribution in [0.15, 0.2) is 12.4 Å². The second-order valence-electron chi connectivity index (χ2n) is 2.69. The quantitative estimate of drug-likeness (QED) is 0.686. The molecular weight excluding hydrogens is 198 g/mol. The molecule has 0 atom stereocenters. The Bertz CT molecular complexity index is 330. The summed E-state index contributed by atoms with van der Waals surface area (Å²) in [6, 6.07) is 1.47. The lowest BCUT2D eigenvalue weighted by Gasteiger charge is -2.04. The van der Waals surface area contributed by atoms with Crippen molar-refractivity contribution in [1.29, 1.82) is 0 Å². The highest BCUT2D eigenvalue weighted by molar-refractivity contribution is 5.92. The standard InChI is InChI=1S/C9H13N3O3/c1-14-4-3-10-9(13)7-5-8(15-2)12-6-11-7/h5-6H,3-4H2,1-2H3,(H,10,13). The molecule has 6 nitrogen and oxygen atoms in total. The molecule has 82 valence electrons. The largest absolute Gasteiger partial charge is 0.481 e. The summed E-state index contributed by atoms with van der Waals surface area (Å²) in [4.78, 5) is 19.1. The minimum Gasteiger partial charge on any atom is -0.481 e. The zero-order chi connectivity index (χ0) is 11.1. The average molecular weight is 211 g/mol. The molecule has 0 saturated heterocycles. The first-order valence-corrected chi connectivity index (χ1v) is 4.41. The molecule has 0 aromatic carbocycles.